The first-order valence-corrected chi connectivity index (χ1v) is 9.03. The number of carbonyl (C=O) groups is 2. The number of carbonyl (C=O) groups excluding carboxylic acids is 2. The zero-order valence-corrected chi connectivity index (χ0v) is 16.6. The third kappa shape index (κ3) is 4.07. The van der Waals surface area contributed by atoms with Gasteiger partial charge in [-0.25, -0.2) is 0 Å². The summed E-state index contributed by atoms with van der Waals surface area (Å²) < 4.78 is 28.9. The van der Waals surface area contributed by atoms with Gasteiger partial charge in [0.05, 0.1) is 11.4 Å². The van der Waals surface area contributed by atoms with Gasteiger partial charge in [0.2, 0.25) is 5.91 Å². The van der Waals surface area contributed by atoms with Crippen LogP contribution in [-0.4, -0.2) is 24.1 Å². The minimum atomic E-state index is -2.95. The fraction of sp³-hybridized carbons (Fsp3) is 0.250. The van der Waals surface area contributed by atoms with E-state index in [-0.39, 0.29) is 5.75 Å². The molecule has 1 N–H and O–H groups in total. The molecule has 1 atom stereocenters. The van der Waals surface area contributed by atoms with Crippen molar-refractivity contribution in [3.8, 4) is 5.75 Å². The maximum atomic E-state index is 13.0. The quantitative estimate of drug-likeness (QED) is 0.716. The second kappa shape index (κ2) is 7.79. The third-order valence-electron chi connectivity index (χ3n) is 4.65. The van der Waals surface area contributed by atoms with Crippen LogP contribution in [0.1, 0.15) is 19.4 Å². The molecule has 2 aromatic rings. The molecule has 1 aliphatic heterocycles. The topological polar surface area (TPSA) is 71.0 Å². The lowest BCUT2D eigenvalue weighted by molar-refractivity contribution is -0.132. The first-order chi connectivity index (χ1) is 13.6. The molecule has 1 aliphatic rings. The summed E-state index contributed by atoms with van der Waals surface area (Å²) in [4.78, 5) is 26.0. The average Bonchev–Trinajstić information content (AvgIpc) is 2.86. The second-order valence-electron chi connectivity index (χ2n) is 6.77. The van der Waals surface area contributed by atoms with E-state index in [0.29, 0.717) is 22.1 Å². The van der Waals surface area contributed by atoms with Crippen LogP contribution in [0.3, 0.4) is 0 Å². The van der Waals surface area contributed by atoms with Crippen molar-refractivity contribution in [1.82, 2.24) is 0 Å². The number of halogens is 3. The molecule has 6 nitrogen and oxygen atoms in total. The summed E-state index contributed by atoms with van der Waals surface area (Å²) in [5.74, 6) is -1.16. The van der Waals surface area contributed by atoms with Crippen molar-refractivity contribution in [2.75, 3.05) is 10.3 Å². The molecule has 2 amide bonds. The van der Waals surface area contributed by atoms with Gasteiger partial charge in [0.1, 0.15) is 5.75 Å². The molecule has 0 aromatic heterocycles. The van der Waals surface area contributed by atoms with Crippen LogP contribution in [0.2, 0.25) is 5.02 Å². The highest BCUT2D eigenvalue weighted by molar-refractivity contribution is 6.33. The van der Waals surface area contributed by atoms with Gasteiger partial charge in [-0.05, 0) is 68.8 Å². The number of alkyl halides is 2. The molecular formula is C20H18ClF2N3O3. The number of benzene rings is 2. The first-order valence-electron chi connectivity index (χ1n) is 8.65. The van der Waals surface area contributed by atoms with Gasteiger partial charge in [-0.1, -0.05) is 11.6 Å². The van der Waals surface area contributed by atoms with E-state index in [1.54, 1.807) is 25.1 Å². The van der Waals surface area contributed by atoms with Crippen molar-refractivity contribution in [1.29, 1.82) is 0 Å². The standard InChI is InChI=1S/C20H18ClF2N3O3/c1-11-8-13(21)10-14(9-11)24-17(27)20(3)12(2)25-26(18(20)28)15-4-6-16(7-5-15)29-19(22)23/h4-10,19H,1-3H3,(H,24,27). The van der Waals surface area contributed by atoms with Crippen LogP contribution in [0.15, 0.2) is 47.6 Å². The van der Waals surface area contributed by atoms with E-state index < -0.39 is 23.8 Å². The SMILES string of the molecule is CC1=NN(c2ccc(OC(F)F)cc2)C(=O)C1(C)C(=O)Nc1cc(C)cc(Cl)c1. The summed E-state index contributed by atoms with van der Waals surface area (Å²) >= 11 is 6.03. The van der Waals surface area contributed by atoms with Crippen molar-refractivity contribution in [3.63, 3.8) is 0 Å². The summed E-state index contributed by atoms with van der Waals surface area (Å²) in [5.41, 5.74) is 0.411. The van der Waals surface area contributed by atoms with E-state index in [1.165, 1.54) is 31.2 Å². The lowest BCUT2D eigenvalue weighted by atomic mass is 9.84. The Bertz CT molecular complexity index is 975. The lowest BCUT2D eigenvalue weighted by Crippen LogP contribution is -2.46. The molecule has 0 saturated carbocycles. The largest absolute Gasteiger partial charge is 0.435 e. The molecular weight excluding hydrogens is 404 g/mol. The Hall–Kier alpha value is -3.00. The van der Waals surface area contributed by atoms with Crippen molar-refractivity contribution in [2.24, 2.45) is 10.5 Å². The number of ether oxygens (including phenoxy) is 1. The normalized spacial score (nSPS) is 18.8. The third-order valence-corrected chi connectivity index (χ3v) is 4.87. The van der Waals surface area contributed by atoms with Crippen molar-refractivity contribution >= 4 is 40.5 Å². The molecule has 29 heavy (non-hydrogen) atoms. The molecule has 1 heterocycles. The molecule has 0 radical (unpaired) electrons. The van der Waals surface area contributed by atoms with Gasteiger partial charge in [0, 0.05) is 10.7 Å². The van der Waals surface area contributed by atoms with Gasteiger partial charge in [0.15, 0.2) is 5.41 Å². The molecule has 0 aliphatic carbocycles. The highest BCUT2D eigenvalue weighted by atomic mass is 35.5. The fourth-order valence-electron chi connectivity index (χ4n) is 2.93. The van der Waals surface area contributed by atoms with E-state index in [1.807, 2.05) is 6.92 Å². The number of nitrogens with one attached hydrogen (secondary N) is 1. The first kappa shape index (κ1) is 20.7. The Labute approximate surface area is 171 Å². The van der Waals surface area contributed by atoms with Crippen molar-refractivity contribution < 1.29 is 23.1 Å². The number of nitrogens with zero attached hydrogens (tertiary/aromatic N) is 2. The Morgan fingerprint density at radius 1 is 1.21 bits per heavy atom. The predicted molar refractivity (Wildman–Crippen MR) is 107 cm³/mol. The van der Waals surface area contributed by atoms with E-state index in [0.717, 1.165) is 10.6 Å². The molecule has 3 rings (SSSR count). The maximum absolute atomic E-state index is 13.0. The van der Waals surface area contributed by atoms with E-state index >= 15 is 0 Å². The number of rotatable bonds is 5. The molecule has 152 valence electrons. The van der Waals surface area contributed by atoms with Crippen LogP contribution in [0, 0.1) is 12.3 Å². The smallest absolute Gasteiger partial charge is 0.387 e. The number of anilines is 2. The number of hydrogen-bond acceptors (Lipinski definition) is 4. The average molecular weight is 422 g/mol. The Kier molecular flexibility index (Phi) is 5.57. The van der Waals surface area contributed by atoms with E-state index in [9.17, 15) is 18.4 Å². The summed E-state index contributed by atoms with van der Waals surface area (Å²) in [6, 6.07) is 10.5. The Morgan fingerprint density at radius 3 is 2.45 bits per heavy atom. The molecule has 1 unspecified atom stereocenters. The van der Waals surface area contributed by atoms with Crippen LogP contribution >= 0.6 is 11.6 Å². The van der Waals surface area contributed by atoms with Gasteiger partial charge >= 0.3 is 6.61 Å². The molecule has 0 fully saturated rings. The maximum Gasteiger partial charge on any atom is 0.387 e. The molecule has 2 aromatic carbocycles. The highest BCUT2D eigenvalue weighted by Crippen LogP contribution is 2.35. The van der Waals surface area contributed by atoms with Gasteiger partial charge in [-0.15, -0.1) is 0 Å². The minimum Gasteiger partial charge on any atom is -0.435 e. The summed E-state index contributed by atoms with van der Waals surface area (Å²) in [6.07, 6.45) is 0. The van der Waals surface area contributed by atoms with Gasteiger partial charge in [0.25, 0.3) is 5.91 Å². The number of hydrogen-bond donors (Lipinski definition) is 1. The minimum absolute atomic E-state index is 0.0482. The van der Waals surface area contributed by atoms with Crippen LogP contribution < -0.4 is 15.1 Å². The highest BCUT2D eigenvalue weighted by Gasteiger charge is 2.51. The van der Waals surface area contributed by atoms with Crippen LogP contribution in [0.5, 0.6) is 5.75 Å². The second-order valence-corrected chi connectivity index (χ2v) is 7.21. The fourth-order valence-corrected chi connectivity index (χ4v) is 3.22. The molecule has 0 saturated heterocycles. The van der Waals surface area contributed by atoms with Crippen LogP contribution in [0.25, 0.3) is 0 Å². The number of hydrazone groups is 1. The zero-order valence-electron chi connectivity index (χ0n) is 15.9. The zero-order chi connectivity index (χ0) is 21.3. The van der Waals surface area contributed by atoms with E-state index in [2.05, 4.69) is 15.2 Å². The lowest BCUT2D eigenvalue weighted by Gasteiger charge is -2.23. The monoisotopic (exact) mass is 421 g/mol. The van der Waals surface area contributed by atoms with Gasteiger partial charge in [-0.3, -0.25) is 9.59 Å². The molecule has 9 heteroatoms. The van der Waals surface area contributed by atoms with Gasteiger partial charge in [-0.2, -0.15) is 18.9 Å². The van der Waals surface area contributed by atoms with Crippen molar-refractivity contribution in [2.45, 2.75) is 27.4 Å². The Morgan fingerprint density at radius 2 is 1.86 bits per heavy atom. The molecule has 0 bridgehead atoms. The summed E-state index contributed by atoms with van der Waals surface area (Å²) in [5, 5.41) is 8.45. The molecule has 0 spiro atoms. The Balaban J connectivity index is 1.83. The van der Waals surface area contributed by atoms with E-state index in [4.69, 9.17) is 11.6 Å². The summed E-state index contributed by atoms with van der Waals surface area (Å²) in [6.45, 7) is 1.95. The van der Waals surface area contributed by atoms with Crippen molar-refractivity contribution in [3.05, 3.63) is 53.1 Å². The van der Waals surface area contributed by atoms with Gasteiger partial charge < -0.3 is 10.1 Å². The number of aryl methyl sites for hydroxylation is 1. The predicted octanol–water partition coefficient (Wildman–Crippen LogP) is 4.62. The summed E-state index contributed by atoms with van der Waals surface area (Å²) in [7, 11) is 0. The van der Waals surface area contributed by atoms with Crippen LogP contribution in [-0.2, 0) is 9.59 Å². The number of amides is 2. The van der Waals surface area contributed by atoms with Crippen LogP contribution in [0.4, 0.5) is 20.2 Å².